The number of esters is 2. The molecule has 19 heteroatoms. The lowest BCUT2D eigenvalue weighted by Crippen LogP contribution is -2.45. The molecular formula is C20H31IN7O10P. The third-order valence-electron chi connectivity index (χ3n) is 5.92. The first kappa shape index (κ1) is 31.3. The molecule has 0 unspecified atom stereocenters. The third-order valence-corrected chi connectivity index (χ3v) is 8.65. The van der Waals surface area contributed by atoms with Crippen molar-refractivity contribution in [2.24, 2.45) is 0 Å². The minimum Gasteiger partial charge on any atom is -0.479 e. The number of nitrogens with two attached hydrogens (primary N) is 1. The molecule has 1 fully saturated rings. The number of halogens is 1. The van der Waals surface area contributed by atoms with E-state index in [9.17, 15) is 24.4 Å². The Bertz CT molecular complexity index is 1250. The molecule has 17 nitrogen and oxygen atoms in total. The lowest BCUT2D eigenvalue weighted by molar-refractivity contribution is -0.142. The van der Waals surface area contributed by atoms with Crippen LogP contribution in [0.15, 0.2) is 0 Å². The molecule has 0 aliphatic carbocycles. The molecule has 0 radical (unpaired) electrons. The molecule has 218 valence electrons. The van der Waals surface area contributed by atoms with E-state index >= 15 is 0 Å². The molecule has 2 aromatic rings. The molecule has 6 atom stereocenters. The molecule has 3 heterocycles. The van der Waals surface area contributed by atoms with Gasteiger partial charge in [0, 0.05) is 22.6 Å². The molecule has 6 N–H and O–H groups in total. The topological polar surface area (TPSA) is 232 Å². The summed E-state index contributed by atoms with van der Waals surface area (Å²) in [5.41, 5.74) is 4.31. The Kier molecular flexibility index (Phi) is 9.75. The summed E-state index contributed by atoms with van der Waals surface area (Å²) >= 11 is 1.89. The molecule has 0 bridgehead atoms. The van der Waals surface area contributed by atoms with Crippen LogP contribution in [0, 0.1) is 3.83 Å². The second-order valence-electron chi connectivity index (χ2n) is 8.81. The summed E-state index contributed by atoms with van der Waals surface area (Å²) in [6.45, 7) is 3.54. The van der Waals surface area contributed by atoms with Crippen molar-refractivity contribution in [2.75, 3.05) is 33.7 Å². The van der Waals surface area contributed by atoms with E-state index in [1.807, 2.05) is 22.6 Å². The van der Waals surface area contributed by atoms with Crippen molar-refractivity contribution in [1.29, 1.82) is 0 Å². The largest absolute Gasteiger partial charge is 0.479 e. The maximum Gasteiger partial charge on any atom is 0.342 e. The Balaban J connectivity index is 1.89. The first-order valence-electron chi connectivity index (χ1n) is 11.5. The van der Waals surface area contributed by atoms with Crippen LogP contribution >= 0.6 is 30.3 Å². The Morgan fingerprint density at radius 2 is 1.74 bits per heavy atom. The van der Waals surface area contributed by atoms with Crippen molar-refractivity contribution in [3.63, 3.8) is 0 Å². The van der Waals surface area contributed by atoms with E-state index in [2.05, 4.69) is 34.6 Å². The van der Waals surface area contributed by atoms with Crippen LogP contribution in [0.3, 0.4) is 0 Å². The summed E-state index contributed by atoms with van der Waals surface area (Å²) in [6.07, 6.45) is -4.04. The SMILES string of the molecule is COC(=O)[C@H](C)NP(=O)(N[C@@H](C)C(=O)OC)OC[C@H]1O[C@@H](n2c(I)nc3c(OC)nc(N)nc32)[C@](C)(O)[C@@H]1O. The number of anilines is 1. The summed E-state index contributed by atoms with van der Waals surface area (Å²) in [6, 6.07) is -2.22. The predicted octanol–water partition coefficient (Wildman–Crippen LogP) is -0.542. The lowest BCUT2D eigenvalue weighted by Gasteiger charge is -2.28. The summed E-state index contributed by atoms with van der Waals surface area (Å²) < 4.78 is 41.4. The summed E-state index contributed by atoms with van der Waals surface area (Å²) in [5, 5.41) is 27.2. The Morgan fingerprint density at radius 1 is 1.18 bits per heavy atom. The molecular weight excluding hydrogens is 656 g/mol. The van der Waals surface area contributed by atoms with Crippen LogP contribution in [0.2, 0.25) is 0 Å². The monoisotopic (exact) mass is 687 g/mol. The van der Waals surface area contributed by atoms with E-state index < -0.39 is 62.3 Å². The van der Waals surface area contributed by atoms with Crippen molar-refractivity contribution in [3.8, 4) is 5.88 Å². The van der Waals surface area contributed by atoms with Crippen molar-refractivity contribution in [1.82, 2.24) is 29.7 Å². The smallest absolute Gasteiger partial charge is 0.342 e. The number of imidazole rings is 1. The van der Waals surface area contributed by atoms with Gasteiger partial charge in [0.15, 0.2) is 21.2 Å². The number of methoxy groups -OCH3 is 3. The standard InChI is InChI=1S/C20H31IN7O10P/c1-8(15(30)35-5)26-39(33,27-9(2)16(31)36-6)37-7-10-12(29)20(3,32)17(38-10)28-13-11(23-18(28)21)14(34-4)25-19(22)24-13/h8-10,12,17,29,32H,7H2,1-6H3,(H2,22,24,25)(H2,26,27,33)/t8-,9-,10+,12+,17+,20+/m0/s1. The maximum absolute atomic E-state index is 13.6. The average molecular weight is 687 g/mol. The zero-order chi connectivity index (χ0) is 29.3. The number of rotatable bonds is 11. The number of aromatic nitrogens is 4. The molecule has 0 amide bonds. The lowest BCUT2D eigenvalue weighted by atomic mass is 9.96. The van der Waals surface area contributed by atoms with Gasteiger partial charge in [0.2, 0.25) is 11.8 Å². The highest BCUT2D eigenvalue weighted by molar-refractivity contribution is 14.1. The van der Waals surface area contributed by atoms with Crippen molar-refractivity contribution < 1.29 is 47.8 Å². The second-order valence-corrected chi connectivity index (χ2v) is 11.6. The molecule has 1 aliphatic heterocycles. The normalized spacial score (nSPS) is 24.9. The number of nitrogens with one attached hydrogen (secondary N) is 2. The molecule has 0 saturated carbocycles. The molecule has 39 heavy (non-hydrogen) atoms. The predicted molar refractivity (Wildman–Crippen MR) is 142 cm³/mol. The molecule has 2 aromatic heterocycles. The average Bonchev–Trinajstić information content (AvgIpc) is 3.32. The van der Waals surface area contributed by atoms with Gasteiger partial charge in [-0.15, -0.1) is 0 Å². The fourth-order valence-electron chi connectivity index (χ4n) is 3.90. The summed E-state index contributed by atoms with van der Waals surface area (Å²) in [4.78, 5) is 36.4. The highest BCUT2D eigenvalue weighted by atomic mass is 127. The van der Waals surface area contributed by atoms with Crippen LogP contribution < -0.4 is 20.6 Å². The van der Waals surface area contributed by atoms with Gasteiger partial charge in [-0.1, -0.05) is 0 Å². The van der Waals surface area contributed by atoms with Gasteiger partial charge in [-0.25, -0.2) is 15.2 Å². The van der Waals surface area contributed by atoms with Crippen molar-refractivity contribution in [3.05, 3.63) is 3.83 Å². The second kappa shape index (κ2) is 12.1. The minimum absolute atomic E-state index is 0.102. The van der Waals surface area contributed by atoms with Crippen molar-refractivity contribution >= 4 is 59.3 Å². The van der Waals surface area contributed by atoms with Gasteiger partial charge in [-0.05, 0) is 20.8 Å². The van der Waals surface area contributed by atoms with E-state index in [1.165, 1.54) is 32.4 Å². The van der Waals surface area contributed by atoms with Crippen molar-refractivity contribution in [2.45, 2.75) is 56.9 Å². The number of hydrogen-bond acceptors (Lipinski definition) is 14. The number of aliphatic hydroxyl groups excluding tert-OH is 1. The van der Waals surface area contributed by atoms with Gasteiger partial charge in [-0.3, -0.25) is 18.7 Å². The number of ether oxygens (including phenoxy) is 4. The van der Waals surface area contributed by atoms with Gasteiger partial charge in [0.1, 0.15) is 29.9 Å². The molecule has 0 aromatic carbocycles. The maximum atomic E-state index is 13.6. The Labute approximate surface area is 236 Å². The summed E-state index contributed by atoms with van der Waals surface area (Å²) in [5.74, 6) is -1.51. The highest BCUT2D eigenvalue weighted by Crippen LogP contribution is 2.44. The number of aliphatic hydroxyl groups is 2. The molecule has 3 rings (SSSR count). The minimum atomic E-state index is -4.18. The fourth-order valence-corrected chi connectivity index (χ4v) is 6.43. The molecule has 0 spiro atoms. The van der Waals surface area contributed by atoms with Crippen LogP contribution in [0.1, 0.15) is 27.0 Å². The van der Waals surface area contributed by atoms with E-state index in [4.69, 9.17) is 19.7 Å². The van der Waals surface area contributed by atoms with Crippen LogP contribution in [-0.4, -0.2) is 99.5 Å². The zero-order valence-corrected chi connectivity index (χ0v) is 25.0. The van der Waals surface area contributed by atoms with E-state index in [0.29, 0.717) is 3.83 Å². The van der Waals surface area contributed by atoms with E-state index in [-0.39, 0.29) is 23.0 Å². The van der Waals surface area contributed by atoms with Crippen LogP contribution in [0.5, 0.6) is 5.88 Å². The Morgan fingerprint density at radius 3 is 2.26 bits per heavy atom. The van der Waals surface area contributed by atoms with Gasteiger partial charge < -0.3 is 39.4 Å². The van der Waals surface area contributed by atoms with Gasteiger partial charge in [0.05, 0.1) is 27.9 Å². The number of nitrogens with zero attached hydrogens (tertiary/aromatic N) is 4. The van der Waals surface area contributed by atoms with Gasteiger partial charge in [0.25, 0.3) is 0 Å². The van der Waals surface area contributed by atoms with Crippen LogP contribution in [0.4, 0.5) is 5.95 Å². The Hall–Kier alpha value is -2.19. The summed E-state index contributed by atoms with van der Waals surface area (Å²) in [7, 11) is -0.497. The van der Waals surface area contributed by atoms with Crippen LogP contribution in [-0.2, 0) is 32.9 Å². The highest BCUT2D eigenvalue weighted by Gasteiger charge is 2.54. The molecule has 1 saturated heterocycles. The van der Waals surface area contributed by atoms with Gasteiger partial charge in [-0.2, -0.15) is 9.97 Å². The third kappa shape index (κ3) is 6.43. The molecule has 1 aliphatic rings. The quantitative estimate of drug-likeness (QED) is 0.0864. The fraction of sp³-hybridized carbons (Fsp3) is 0.650. The first-order chi connectivity index (χ1) is 18.2. The first-order valence-corrected chi connectivity index (χ1v) is 14.2. The number of fused-ring (bicyclic) bond motifs is 1. The number of hydrogen-bond donors (Lipinski definition) is 5. The van der Waals surface area contributed by atoms with E-state index in [1.54, 1.807) is 0 Å². The number of carbonyl (C=O) groups is 2. The van der Waals surface area contributed by atoms with E-state index in [0.717, 1.165) is 14.2 Å². The zero-order valence-electron chi connectivity index (χ0n) is 21.9. The van der Waals surface area contributed by atoms with Crippen LogP contribution in [0.25, 0.3) is 11.2 Å². The van der Waals surface area contributed by atoms with Gasteiger partial charge >= 0.3 is 19.6 Å². The number of nitrogen functional groups attached to an aromatic ring is 1. The number of carbonyl (C=O) groups excluding carboxylic acids is 2.